The Bertz CT molecular complexity index is 605. The van der Waals surface area contributed by atoms with Crippen LogP contribution in [-0.2, 0) is 0 Å². The number of aliphatic hydroxyl groups is 3. The smallest absolute Gasteiger partial charge is 0.0602 e. The molecule has 174 valence electrons. The first-order valence-electron chi connectivity index (χ1n) is 13.1. The van der Waals surface area contributed by atoms with Crippen LogP contribution in [-0.4, -0.2) is 33.6 Å². The molecule has 4 fully saturated rings. The van der Waals surface area contributed by atoms with Crippen LogP contribution in [0.3, 0.4) is 0 Å². The number of hydrogen-bond acceptors (Lipinski definition) is 3. The fourth-order valence-corrected chi connectivity index (χ4v) is 9.18. The topological polar surface area (TPSA) is 60.7 Å². The molecular weight excluding hydrogens is 372 g/mol. The SMILES string of the molecule is CC(C)CCC[C@@H](C)[C@H]1CC[C@H]2[C@@H]3[C@H](O)C[C@@H]4C[C@H](O)CC[C@]4(C)[C@H]3C[C@H](O)[C@]12C. The molecule has 4 saturated carbocycles. The summed E-state index contributed by atoms with van der Waals surface area (Å²) in [7, 11) is 0. The lowest BCUT2D eigenvalue weighted by atomic mass is 9.43. The zero-order valence-corrected chi connectivity index (χ0v) is 20.2. The van der Waals surface area contributed by atoms with E-state index in [2.05, 4.69) is 34.6 Å². The predicted octanol–water partition coefficient (Wildman–Crippen LogP) is 5.41. The third-order valence-electron chi connectivity index (χ3n) is 11.0. The highest BCUT2D eigenvalue weighted by Crippen LogP contribution is 2.68. The number of hydrogen-bond donors (Lipinski definition) is 3. The molecule has 3 nitrogen and oxygen atoms in total. The Balaban J connectivity index is 1.56. The highest BCUT2D eigenvalue weighted by molar-refractivity contribution is 5.14. The van der Waals surface area contributed by atoms with Crippen molar-refractivity contribution >= 4 is 0 Å². The largest absolute Gasteiger partial charge is 0.393 e. The van der Waals surface area contributed by atoms with Crippen molar-refractivity contribution in [3.8, 4) is 0 Å². The van der Waals surface area contributed by atoms with Crippen LogP contribution in [0.15, 0.2) is 0 Å². The molecule has 0 bridgehead atoms. The summed E-state index contributed by atoms with van der Waals surface area (Å²) in [6, 6.07) is 0. The third-order valence-corrected chi connectivity index (χ3v) is 11.0. The van der Waals surface area contributed by atoms with Crippen LogP contribution in [0.2, 0.25) is 0 Å². The van der Waals surface area contributed by atoms with Crippen LogP contribution in [0.5, 0.6) is 0 Å². The summed E-state index contributed by atoms with van der Waals surface area (Å²) >= 11 is 0. The van der Waals surface area contributed by atoms with Gasteiger partial charge in [0.15, 0.2) is 0 Å². The van der Waals surface area contributed by atoms with E-state index in [1.807, 2.05) is 0 Å². The van der Waals surface area contributed by atoms with E-state index in [-0.39, 0.29) is 29.1 Å². The Morgan fingerprint density at radius 2 is 1.60 bits per heavy atom. The van der Waals surface area contributed by atoms with Gasteiger partial charge in [0.05, 0.1) is 18.3 Å². The normalized spacial score (nSPS) is 51.9. The summed E-state index contributed by atoms with van der Waals surface area (Å²) in [6.45, 7) is 11.8. The summed E-state index contributed by atoms with van der Waals surface area (Å²) < 4.78 is 0. The maximum atomic E-state index is 11.6. The van der Waals surface area contributed by atoms with Crippen molar-refractivity contribution in [3.63, 3.8) is 0 Å². The van der Waals surface area contributed by atoms with Gasteiger partial charge in [0.2, 0.25) is 0 Å². The molecule has 30 heavy (non-hydrogen) atoms. The third kappa shape index (κ3) is 3.59. The Hall–Kier alpha value is -0.120. The number of rotatable bonds is 5. The van der Waals surface area contributed by atoms with Gasteiger partial charge in [-0.15, -0.1) is 0 Å². The van der Waals surface area contributed by atoms with Gasteiger partial charge < -0.3 is 15.3 Å². The second kappa shape index (κ2) is 8.34. The highest BCUT2D eigenvalue weighted by atomic mass is 16.3. The number of fused-ring (bicyclic) bond motifs is 5. The molecule has 3 N–H and O–H groups in total. The van der Waals surface area contributed by atoms with Crippen LogP contribution < -0.4 is 0 Å². The molecule has 0 radical (unpaired) electrons. The average Bonchev–Trinajstić information content (AvgIpc) is 3.02. The predicted molar refractivity (Wildman–Crippen MR) is 122 cm³/mol. The molecule has 0 saturated heterocycles. The summed E-state index contributed by atoms with van der Waals surface area (Å²) in [5.74, 6) is 3.59. The molecule has 3 heteroatoms. The second-order valence-corrected chi connectivity index (χ2v) is 12.8. The van der Waals surface area contributed by atoms with Crippen molar-refractivity contribution in [2.45, 2.75) is 117 Å². The van der Waals surface area contributed by atoms with Gasteiger partial charge in [-0.1, -0.05) is 53.9 Å². The van der Waals surface area contributed by atoms with E-state index in [4.69, 9.17) is 0 Å². The first-order chi connectivity index (χ1) is 14.1. The molecule has 11 atom stereocenters. The summed E-state index contributed by atoms with van der Waals surface area (Å²) in [6.07, 6.45) is 10.0. The molecule has 0 unspecified atom stereocenters. The summed E-state index contributed by atoms with van der Waals surface area (Å²) in [5, 5.41) is 33.2. The average molecular weight is 421 g/mol. The van der Waals surface area contributed by atoms with Gasteiger partial charge in [0.25, 0.3) is 0 Å². The fourth-order valence-electron chi connectivity index (χ4n) is 9.18. The second-order valence-electron chi connectivity index (χ2n) is 12.8. The van der Waals surface area contributed by atoms with Gasteiger partial charge in [-0.2, -0.15) is 0 Å². The maximum Gasteiger partial charge on any atom is 0.0602 e. The molecular formula is C27H48O3. The van der Waals surface area contributed by atoms with Crippen molar-refractivity contribution in [1.82, 2.24) is 0 Å². The van der Waals surface area contributed by atoms with Gasteiger partial charge in [0.1, 0.15) is 0 Å². The van der Waals surface area contributed by atoms with Crippen LogP contribution in [0.4, 0.5) is 0 Å². The van der Waals surface area contributed by atoms with Crippen molar-refractivity contribution < 1.29 is 15.3 Å². The molecule has 0 aliphatic heterocycles. The standard InChI is InChI=1S/C27H48O3/c1-16(2)7-6-8-17(3)20-9-10-21-25-22(15-24(30)27(20,21)5)26(4)12-11-19(28)13-18(26)14-23(25)29/h16-25,28-30H,6-15H2,1-5H3/t17-,18+,19-,20-,21+,22+,23-,24+,25+,26+,27-/m1/s1. The van der Waals surface area contributed by atoms with Gasteiger partial charge in [-0.3, -0.25) is 0 Å². The Kier molecular flexibility index (Phi) is 6.41. The van der Waals surface area contributed by atoms with E-state index in [9.17, 15) is 15.3 Å². The molecule has 4 aliphatic rings. The highest BCUT2D eigenvalue weighted by Gasteiger charge is 2.65. The van der Waals surface area contributed by atoms with E-state index in [0.29, 0.717) is 35.5 Å². The molecule has 0 amide bonds. The summed E-state index contributed by atoms with van der Waals surface area (Å²) in [4.78, 5) is 0. The van der Waals surface area contributed by atoms with E-state index >= 15 is 0 Å². The minimum Gasteiger partial charge on any atom is -0.393 e. The van der Waals surface area contributed by atoms with Crippen molar-refractivity contribution in [2.24, 2.45) is 52.3 Å². The molecule has 0 aromatic heterocycles. The molecule has 0 heterocycles. The van der Waals surface area contributed by atoms with Crippen LogP contribution in [0.1, 0.15) is 98.8 Å². The van der Waals surface area contributed by atoms with E-state index < -0.39 is 0 Å². The lowest BCUT2D eigenvalue weighted by Gasteiger charge is -2.63. The van der Waals surface area contributed by atoms with Crippen molar-refractivity contribution in [1.29, 1.82) is 0 Å². The zero-order chi connectivity index (χ0) is 21.8. The minimum absolute atomic E-state index is 0.0449. The van der Waals surface area contributed by atoms with E-state index in [1.54, 1.807) is 0 Å². The van der Waals surface area contributed by atoms with Gasteiger partial charge >= 0.3 is 0 Å². The minimum atomic E-state index is -0.259. The summed E-state index contributed by atoms with van der Waals surface area (Å²) in [5.41, 5.74) is 0.128. The molecule has 0 aromatic rings. The Labute approximate surface area is 185 Å². The van der Waals surface area contributed by atoms with Gasteiger partial charge in [0, 0.05) is 0 Å². The monoisotopic (exact) mass is 420 g/mol. The Morgan fingerprint density at radius 3 is 2.30 bits per heavy atom. The van der Waals surface area contributed by atoms with Crippen molar-refractivity contribution in [2.75, 3.05) is 0 Å². The zero-order valence-electron chi connectivity index (χ0n) is 20.2. The quantitative estimate of drug-likeness (QED) is 0.557. The van der Waals surface area contributed by atoms with Crippen LogP contribution in [0.25, 0.3) is 0 Å². The molecule has 0 spiro atoms. The van der Waals surface area contributed by atoms with E-state index in [1.165, 1.54) is 32.1 Å². The maximum absolute atomic E-state index is 11.6. The first kappa shape index (κ1) is 23.1. The molecule has 0 aromatic carbocycles. The lowest BCUT2D eigenvalue weighted by Crippen LogP contribution is -2.62. The molecule has 4 aliphatic carbocycles. The fraction of sp³-hybridized carbons (Fsp3) is 1.00. The van der Waals surface area contributed by atoms with Crippen LogP contribution >= 0.6 is 0 Å². The number of aliphatic hydroxyl groups excluding tert-OH is 3. The van der Waals surface area contributed by atoms with Crippen LogP contribution in [0, 0.1) is 52.3 Å². The first-order valence-corrected chi connectivity index (χ1v) is 13.1. The molecule has 4 rings (SSSR count). The Morgan fingerprint density at radius 1 is 0.867 bits per heavy atom. The van der Waals surface area contributed by atoms with Gasteiger partial charge in [-0.25, -0.2) is 0 Å². The lowest BCUT2D eigenvalue weighted by molar-refractivity contribution is -0.207. The van der Waals surface area contributed by atoms with E-state index in [0.717, 1.165) is 38.0 Å². The van der Waals surface area contributed by atoms with Gasteiger partial charge in [-0.05, 0) is 97.2 Å². The van der Waals surface area contributed by atoms with Crippen molar-refractivity contribution in [3.05, 3.63) is 0 Å².